The summed E-state index contributed by atoms with van der Waals surface area (Å²) in [5.41, 5.74) is -0.903. The van der Waals surface area contributed by atoms with Gasteiger partial charge in [-0.05, 0) is 24.6 Å². The second-order valence-electron chi connectivity index (χ2n) is 6.10. The summed E-state index contributed by atoms with van der Waals surface area (Å²) in [6, 6.07) is 3.88. The van der Waals surface area contributed by atoms with Crippen molar-refractivity contribution in [3.05, 3.63) is 23.9 Å². The van der Waals surface area contributed by atoms with Crippen molar-refractivity contribution in [3.63, 3.8) is 0 Å². The number of anilines is 1. The molecule has 0 aromatic carbocycles. The minimum atomic E-state index is -4.47. The fourth-order valence-electron chi connectivity index (χ4n) is 3.15. The van der Waals surface area contributed by atoms with Gasteiger partial charge in [-0.15, -0.1) is 0 Å². The fourth-order valence-corrected chi connectivity index (χ4v) is 3.15. The highest BCUT2D eigenvalue weighted by Crippen LogP contribution is 2.32. The second-order valence-corrected chi connectivity index (χ2v) is 6.10. The van der Waals surface area contributed by atoms with Crippen LogP contribution in [0.2, 0.25) is 0 Å². The summed E-state index contributed by atoms with van der Waals surface area (Å²) in [4.78, 5) is 7.61. The number of aliphatic hydroxyl groups is 2. The summed E-state index contributed by atoms with van der Waals surface area (Å²) in [5, 5.41) is 18.7. The number of hydrogen-bond donors (Lipinski definition) is 2. The van der Waals surface area contributed by atoms with Crippen LogP contribution in [0.5, 0.6) is 0 Å². The molecule has 2 N–H and O–H groups in total. The topological polar surface area (TPSA) is 59.8 Å². The number of pyridine rings is 1. The molecule has 1 aromatic rings. The zero-order valence-electron chi connectivity index (χ0n) is 13.7. The van der Waals surface area contributed by atoms with Gasteiger partial charge in [-0.25, -0.2) is 4.98 Å². The van der Waals surface area contributed by atoms with Crippen LogP contribution >= 0.6 is 0 Å². The Hall–Kier alpha value is -1.38. The fraction of sp³-hybridized carbons (Fsp3) is 0.688. The first-order chi connectivity index (χ1) is 11.4. The Kier molecular flexibility index (Phi) is 6.42. The minimum absolute atomic E-state index is 0.0171. The molecule has 136 valence electrons. The van der Waals surface area contributed by atoms with E-state index in [1.54, 1.807) is 11.0 Å². The molecule has 0 unspecified atom stereocenters. The van der Waals surface area contributed by atoms with Gasteiger partial charge >= 0.3 is 6.18 Å². The van der Waals surface area contributed by atoms with Gasteiger partial charge in [-0.1, -0.05) is 13.0 Å². The van der Waals surface area contributed by atoms with Crippen molar-refractivity contribution in [2.45, 2.75) is 13.1 Å². The number of likely N-dealkylation sites (N-methyl/N-ethyl adjacent to an activating group) is 1. The normalized spacial score (nSPS) is 21.7. The number of rotatable bonds is 7. The quantitative estimate of drug-likeness (QED) is 0.782. The van der Waals surface area contributed by atoms with Gasteiger partial charge in [-0.3, -0.25) is 0 Å². The summed E-state index contributed by atoms with van der Waals surface area (Å²) in [5.74, 6) is 0.392. The molecule has 1 fully saturated rings. The van der Waals surface area contributed by atoms with Crippen LogP contribution in [0.1, 0.15) is 12.6 Å². The van der Waals surface area contributed by atoms with E-state index < -0.39 is 11.9 Å². The molecule has 5 nitrogen and oxygen atoms in total. The van der Waals surface area contributed by atoms with Crippen LogP contribution < -0.4 is 4.90 Å². The monoisotopic (exact) mass is 347 g/mol. The summed E-state index contributed by atoms with van der Waals surface area (Å²) in [6.45, 7) is 5.07. The van der Waals surface area contributed by atoms with Crippen molar-refractivity contribution in [2.75, 3.05) is 50.8 Å². The van der Waals surface area contributed by atoms with Gasteiger partial charge in [0, 0.05) is 38.7 Å². The highest BCUT2D eigenvalue weighted by atomic mass is 19.4. The maximum Gasteiger partial charge on any atom is 0.433 e. The molecule has 24 heavy (non-hydrogen) atoms. The largest absolute Gasteiger partial charge is 0.433 e. The molecule has 0 bridgehead atoms. The lowest BCUT2D eigenvalue weighted by Crippen LogP contribution is -2.35. The first kappa shape index (κ1) is 19.0. The second kappa shape index (κ2) is 8.13. The molecular weight excluding hydrogens is 323 g/mol. The van der Waals surface area contributed by atoms with Crippen LogP contribution in [0.4, 0.5) is 19.0 Å². The smallest absolute Gasteiger partial charge is 0.396 e. The van der Waals surface area contributed by atoms with E-state index in [-0.39, 0.29) is 30.9 Å². The molecule has 0 saturated carbocycles. The number of hydrogen-bond acceptors (Lipinski definition) is 5. The molecule has 0 aliphatic carbocycles. The Bertz CT molecular complexity index is 528. The summed E-state index contributed by atoms with van der Waals surface area (Å²) in [6.07, 6.45) is -4.47. The van der Waals surface area contributed by atoms with Gasteiger partial charge in [0.15, 0.2) is 0 Å². The molecule has 0 radical (unpaired) electrons. The van der Waals surface area contributed by atoms with Crippen LogP contribution in [0.25, 0.3) is 0 Å². The van der Waals surface area contributed by atoms with Gasteiger partial charge in [-0.2, -0.15) is 13.2 Å². The van der Waals surface area contributed by atoms with Gasteiger partial charge in [0.2, 0.25) is 0 Å². The van der Waals surface area contributed by atoms with Crippen molar-refractivity contribution in [1.29, 1.82) is 0 Å². The van der Waals surface area contributed by atoms with Crippen LogP contribution in [-0.4, -0.2) is 66.0 Å². The van der Waals surface area contributed by atoms with E-state index in [1.165, 1.54) is 6.07 Å². The zero-order chi connectivity index (χ0) is 17.7. The number of alkyl halides is 3. The van der Waals surface area contributed by atoms with Gasteiger partial charge in [0.05, 0.1) is 6.61 Å². The first-order valence-corrected chi connectivity index (χ1v) is 8.12. The van der Waals surface area contributed by atoms with Crippen LogP contribution in [-0.2, 0) is 6.18 Å². The third kappa shape index (κ3) is 4.58. The average molecular weight is 347 g/mol. The van der Waals surface area contributed by atoms with Crippen molar-refractivity contribution in [2.24, 2.45) is 11.8 Å². The number of nitrogens with zero attached hydrogens (tertiary/aromatic N) is 3. The van der Waals surface area contributed by atoms with Crippen molar-refractivity contribution in [3.8, 4) is 0 Å². The van der Waals surface area contributed by atoms with E-state index in [9.17, 15) is 18.3 Å². The Morgan fingerprint density at radius 2 is 1.96 bits per heavy atom. The number of aliphatic hydroxyl groups excluding tert-OH is 2. The highest BCUT2D eigenvalue weighted by molar-refractivity contribution is 5.41. The molecule has 2 atom stereocenters. The molecule has 0 amide bonds. The minimum Gasteiger partial charge on any atom is -0.396 e. The molecule has 2 rings (SSSR count). The van der Waals surface area contributed by atoms with E-state index in [2.05, 4.69) is 9.88 Å². The van der Waals surface area contributed by atoms with E-state index in [1.807, 2.05) is 6.92 Å². The Balaban J connectivity index is 2.11. The predicted molar refractivity (Wildman–Crippen MR) is 84.7 cm³/mol. The standard InChI is InChI=1S/C16H24F3N3O2/c1-2-21(6-7-23)8-12-9-22(10-13(12)11-24)15-5-3-4-14(20-15)16(17,18)19/h3-5,12-13,23-24H,2,6-11H2,1H3/t12-,13-/m1/s1. The molecule has 8 heteroatoms. The molecule has 1 aliphatic heterocycles. The van der Waals surface area contributed by atoms with Crippen molar-refractivity contribution < 1.29 is 23.4 Å². The summed E-state index contributed by atoms with van der Waals surface area (Å²) in [7, 11) is 0. The third-order valence-electron chi connectivity index (χ3n) is 4.52. The molecule has 0 spiro atoms. The van der Waals surface area contributed by atoms with Gasteiger partial charge in [0.1, 0.15) is 11.5 Å². The summed E-state index contributed by atoms with van der Waals surface area (Å²) < 4.78 is 38.5. The Morgan fingerprint density at radius 3 is 2.54 bits per heavy atom. The zero-order valence-corrected chi connectivity index (χ0v) is 13.7. The Morgan fingerprint density at radius 1 is 1.25 bits per heavy atom. The van der Waals surface area contributed by atoms with Gasteiger partial charge < -0.3 is 20.0 Å². The maximum atomic E-state index is 12.8. The van der Waals surface area contributed by atoms with Gasteiger partial charge in [0.25, 0.3) is 0 Å². The lowest BCUT2D eigenvalue weighted by atomic mass is 9.96. The predicted octanol–water partition coefficient (Wildman–Crippen LogP) is 1.46. The van der Waals surface area contributed by atoms with Crippen LogP contribution in [0, 0.1) is 11.8 Å². The maximum absolute atomic E-state index is 12.8. The SMILES string of the molecule is CCN(CCO)C[C@@H]1CN(c2cccc(C(F)(F)F)n2)C[C@@H]1CO. The third-order valence-corrected chi connectivity index (χ3v) is 4.52. The molecule has 1 aromatic heterocycles. The lowest BCUT2D eigenvalue weighted by molar-refractivity contribution is -0.141. The number of halogens is 3. The summed E-state index contributed by atoms with van der Waals surface area (Å²) >= 11 is 0. The first-order valence-electron chi connectivity index (χ1n) is 8.12. The molecular formula is C16H24F3N3O2. The van der Waals surface area contributed by atoms with Crippen LogP contribution in [0.3, 0.4) is 0 Å². The highest BCUT2D eigenvalue weighted by Gasteiger charge is 2.36. The van der Waals surface area contributed by atoms with E-state index in [0.29, 0.717) is 26.2 Å². The molecule has 1 saturated heterocycles. The molecule has 2 heterocycles. The van der Waals surface area contributed by atoms with E-state index >= 15 is 0 Å². The molecule has 1 aliphatic rings. The van der Waals surface area contributed by atoms with E-state index in [0.717, 1.165) is 12.6 Å². The van der Waals surface area contributed by atoms with Crippen LogP contribution in [0.15, 0.2) is 18.2 Å². The lowest BCUT2D eigenvalue weighted by Gasteiger charge is -2.25. The average Bonchev–Trinajstić information content (AvgIpc) is 2.96. The van der Waals surface area contributed by atoms with Crippen molar-refractivity contribution >= 4 is 5.82 Å². The van der Waals surface area contributed by atoms with Crippen molar-refractivity contribution in [1.82, 2.24) is 9.88 Å². The Labute approximate surface area is 139 Å². The number of aromatic nitrogens is 1. The van der Waals surface area contributed by atoms with E-state index in [4.69, 9.17) is 5.11 Å².